The van der Waals surface area contributed by atoms with Crippen LogP contribution in [0.5, 0.6) is 0 Å². The molecule has 1 aromatic heterocycles. The second-order valence-corrected chi connectivity index (χ2v) is 5.00. The van der Waals surface area contributed by atoms with Gasteiger partial charge in [0.25, 0.3) is 0 Å². The van der Waals surface area contributed by atoms with E-state index in [2.05, 4.69) is 24.0 Å². The van der Waals surface area contributed by atoms with Crippen molar-refractivity contribution in [2.45, 2.75) is 58.3 Å². The van der Waals surface area contributed by atoms with Gasteiger partial charge in [-0.1, -0.05) is 50.9 Å². The number of hydrogen-bond donors (Lipinski definition) is 1. The van der Waals surface area contributed by atoms with Crippen LogP contribution in [0.25, 0.3) is 0 Å². The summed E-state index contributed by atoms with van der Waals surface area (Å²) in [6.07, 6.45) is 7.49. The van der Waals surface area contributed by atoms with Crippen LogP contribution in [-0.2, 0) is 0 Å². The molecule has 86 valence electrons. The van der Waals surface area contributed by atoms with Crippen LogP contribution in [0.3, 0.4) is 0 Å². The predicted octanol–water partition coefficient (Wildman–Crippen LogP) is 3.58. The molecule has 0 spiro atoms. The molecule has 2 N–H and O–H groups in total. The molecule has 0 saturated carbocycles. The van der Waals surface area contributed by atoms with Gasteiger partial charge in [0.2, 0.25) is 5.13 Å². The van der Waals surface area contributed by atoms with Gasteiger partial charge in [-0.2, -0.15) is 0 Å². The van der Waals surface area contributed by atoms with Crippen molar-refractivity contribution in [3.63, 3.8) is 0 Å². The average molecular weight is 227 g/mol. The quantitative estimate of drug-likeness (QED) is 0.774. The van der Waals surface area contributed by atoms with Crippen molar-refractivity contribution in [2.75, 3.05) is 5.73 Å². The normalized spacial score (nSPS) is 11.1. The molecule has 15 heavy (non-hydrogen) atoms. The molecule has 0 aliphatic rings. The summed E-state index contributed by atoms with van der Waals surface area (Å²) in [5, 5.41) is 9.80. The zero-order chi connectivity index (χ0) is 11.1. The molecule has 0 atom stereocenters. The lowest BCUT2D eigenvalue weighted by Crippen LogP contribution is -1.98. The SMILES string of the molecule is CCCCC(CCCC)c1nnc(N)s1. The highest BCUT2D eigenvalue weighted by Crippen LogP contribution is 2.30. The average Bonchev–Trinajstić information content (AvgIpc) is 2.65. The lowest BCUT2D eigenvalue weighted by Gasteiger charge is -2.12. The first kappa shape index (κ1) is 12.4. The summed E-state index contributed by atoms with van der Waals surface area (Å²) in [7, 11) is 0. The Morgan fingerprint density at radius 3 is 2.13 bits per heavy atom. The molecule has 0 fully saturated rings. The van der Waals surface area contributed by atoms with Crippen molar-refractivity contribution in [1.29, 1.82) is 0 Å². The maximum atomic E-state index is 5.62. The van der Waals surface area contributed by atoms with Crippen molar-refractivity contribution in [3.8, 4) is 0 Å². The van der Waals surface area contributed by atoms with Gasteiger partial charge in [-0.25, -0.2) is 0 Å². The van der Waals surface area contributed by atoms with E-state index in [1.807, 2.05) is 0 Å². The van der Waals surface area contributed by atoms with Gasteiger partial charge in [0.1, 0.15) is 5.01 Å². The Hall–Kier alpha value is -0.640. The fraction of sp³-hybridized carbons (Fsp3) is 0.818. The van der Waals surface area contributed by atoms with Gasteiger partial charge in [0.15, 0.2) is 0 Å². The number of rotatable bonds is 7. The Bertz CT molecular complexity index is 265. The van der Waals surface area contributed by atoms with Gasteiger partial charge in [-0.05, 0) is 12.8 Å². The van der Waals surface area contributed by atoms with E-state index in [1.54, 1.807) is 11.3 Å². The standard InChI is InChI=1S/C11H21N3S/c1-3-5-7-9(8-6-4-2)10-13-14-11(12)15-10/h9H,3-8H2,1-2H3,(H2,12,14). The Kier molecular flexibility index (Phi) is 5.61. The maximum absolute atomic E-state index is 5.62. The molecule has 1 rings (SSSR count). The molecular formula is C11H21N3S. The molecule has 0 aromatic carbocycles. The summed E-state index contributed by atoms with van der Waals surface area (Å²) < 4.78 is 0. The number of aromatic nitrogens is 2. The number of nitrogens with zero attached hydrogens (tertiary/aromatic N) is 2. The lowest BCUT2D eigenvalue weighted by molar-refractivity contribution is 0.520. The van der Waals surface area contributed by atoms with Crippen LogP contribution in [0, 0.1) is 0 Å². The van der Waals surface area contributed by atoms with E-state index in [-0.39, 0.29) is 0 Å². The fourth-order valence-electron chi connectivity index (χ4n) is 1.70. The molecule has 0 saturated heterocycles. The lowest BCUT2D eigenvalue weighted by atomic mass is 9.97. The third-order valence-electron chi connectivity index (χ3n) is 2.62. The Morgan fingerprint density at radius 2 is 1.73 bits per heavy atom. The molecule has 1 heterocycles. The highest BCUT2D eigenvalue weighted by atomic mass is 32.1. The molecule has 0 aliphatic carbocycles. The number of unbranched alkanes of at least 4 members (excludes halogenated alkanes) is 2. The highest BCUT2D eigenvalue weighted by Gasteiger charge is 2.15. The van der Waals surface area contributed by atoms with Gasteiger partial charge in [-0.3, -0.25) is 0 Å². The van der Waals surface area contributed by atoms with Crippen molar-refractivity contribution >= 4 is 16.5 Å². The second-order valence-electron chi connectivity index (χ2n) is 3.96. The van der Waals surface area contributed by atoms with E-state index in [0.717, 1.165) is 5.01 Å². The molecule has 0 radical (unpaired) electrons. The highest BCUT2D eigenvalue weighted by molar-refractivity contribution is 7.15. The van der Waals surface area contributed by atoms with Crippen molar-refractivity contribution < 1.29 is 0 Å². The van der Waals surface area contributed by atoms with Crippen molar-refractivity contribution in [3.05, 3.63) is 5.01 Å². The Morgan fingerprint density at radius 1 is 1.13 bits per heavy atom. The monoisotopic (exact) mass is 227 g/mol. The van der Waals surface area contributed by atoms with E-state index in [1.165, 1.54) is 38.5 Å². The number of nitrogens with two attached hydrogens (primary N) is 1. The second kappa shape index (κ2) is 6.77. The van der Waals surface area contributed by atoms with E-state index >= 15 is 0 Å². The van der Waals surface area contributed by atoms with Gasteiger partial charge >= 0.3 is 0 Å². The van der Waals surface area contributed by atoms with Crippen LogP contribution in [0.4, 0.5) is 5.13 Å². The Labute approximate surface area is 96.1 Å². The smallest absolute Gasteiger partial charge is 0.203 e. The van der Waals surface area contributed by atoms with Crippen LogP contribution in [0.1, 0.15) is 63.3 Å². The number of hydrogen-bond acceptors (Lipinski definition) is 4. The fourth-order valence-corrected chi connectivity index (χ4v) is 2.48. The Balaban J connectivity index is 2.54. The first-order valence-corrected chi connectivity index (χ1v) is 6.68. The number of nitrogen functional groups attached to an aromatic ring is 1. The molecule has 0 unspecified atom stereocenters. The van der Waals surface area contributed by atoms with Crippen molar-refractivity contribution in [1.82, 2.24) is 10.2 Å². The number of anilines is 1. The summed E-state index contributed by atoms with van der Waals surface area (Å²) in [4.78, 5) is 0. The minimum absolute atomic E-state index is 0.583. The van der Waals surface area contributed by atoms with E-state index < -0.39 is 0 Å². The zero-order valence-electron chi connectivity index (χ0n) is 9.70. The molecule has 0 aliphatic heterocycles. The molecule has 3 nitrogen and oxygen atoms in total. The van der Waals surface area contributed by atoms with Crippen LogP contribution < -0.4 is 5.73 Å². The summed E-state index contributed by atoms with van der Waals surface area (Å²) >= 11 is 1.55. The van der Waals surface area contributed by atoms with E-state index in [0.29, 0.717) is 11.0 Å². The third kappa shape index (κ3) is 4.16. The first-order valence-electron chi connectivity index (χ1n) is 5.86. The van der Waals surface area contributed by atoms with Crippen LogP contribution in [0.15, 0.2) is 0 Å². The largest absolute Gasteiger partial charge is 0.374 e. The van der Waals surface area contributed by atoms with Gasteiger partial charge in [0, 0.05) is 5.92 Å². The summed E-state index contributed by atoms with van der Waals surface area (Å²) in [6, 6.07) is 0. The van der Waals surface area contributed by atoms with Crippen molar-refractivity contribution in [2.24, 2.45) is 0 Å². The molecule has 1 aromatic rings. The van der Waals surface area contributed by atoms with Gasteiger partial charge in [0.05, 0.1) is 0 Å². The molecule has 0 amide bonds. The zero-order valence-corrected chi connectivity index (χ0v) is 10.5. The first-order chi connectivity index (χ1) is 7.27. The van der Waals surface area contributed by atoms with Crippen LogP contribution in [0.2, 0.25) is 0 Å². The molecular weight excluding hydrogens is 206 g/mol. The molecule has 4 heteroatoms. The third-order valence-corrected chi connectivity index (χ3v) is 3.53. The van der Waals surface area contributed by atoms with E-state index in [4.69, 9.17) is 5.73 Å². The summed E-state index contributed by atoms with van der Waals surface area (Å²) in [6.45, 7) is 4.46. The predicted molar refractivity (Wildman–Crippen MR) is 66.1 cm³/mol. The van der Waals surface area contributed by atoms with Gasteiger partial charge in [-0.15, -0.1) is 10.2 Å². The topological polar surface area (TPSA) is 51.8 Å². The molecule has 0 bridgehead atoms. The van der Waals surface area contributed by atoms with Crippen LogP contribution >= 0.6 is 11.3 Å². The van der Waals surface area contributed by atoms with Gasteiger partial charge < -0.3 is 5.73 Å². The van der Waals surface area contributed by atoms with E-state index in [9.17, 15) is 0 Å². The summed E-state index contributed by atoms with van der Waals surface area (Å²) in [5.41, 5.74) is 5.62. The minimum Gasteiger partial charge on any atom is -0.374 e. The van der Waals surface area contributed by atoms with Crippen LogP contribution in [-0.4, -0.2) is 10.2 Å². The maximum Gasteiger partial charge on any atom is 0.203 e. The minimum atomic E-state index is 0.583. The summed E-state index contributed by atoms with van der Waals surface area (Å²) in [5.74, 6) is 0.583.